The van der Waals surface area contributed by atoms with Crippen LogP contribution >= 0.6 is 11.3 Å². The van der Waals surface area contributed by atoms with Gasteiger partial charge in [0.05, 0.1) is 6.54 Å². The Balaban J connectivity index is 2.33. The van der Waals surface area contributed by atoms with Crippen LogP contribution in [0.1, 0.15) is 57.0 Å². The van der Waals surface area contributed by atoms with Crippen molar-refractivity contribution in [2.75, 3.05) is 0 Å². The number of nitrogens with one attached hydrogen (secondary N) is 1. The van der Waals surface area contributed by atoms with E-state index >= 15 is 0 Å². The summed E-state index contributed by atoms with van der Waals surface area (Å²) in [5.74, 6) is 0. The maximum absolute atomic E-state index is 4.22. The maximum atomic E-state index is 4.22. The highest BCUT2D eigenvalue weighted by Gasteiger charge is 2.10. The molecular formula is C12H23N3S. The molecule has 1 rings (SSSR count). The Hall–Kier alpha value is -0.480. The first-order valence-electron chi connectivity index (χ1n) is 6.07. The van der Waals surface area contributed by atoms with E-state index in [0.29, 0.717) is 0 Å². The Labute approximate surface area is 103 Å². The van der Waals surface area contributed by atoms with Gasteiger partial charge in [0, 0.05) is 12.0 Å². The third-order valence-corrected chi connectivity index (χ3v) is 3.26. The minimum Gasteiger partial charge on any atom is -0.306 e. The SMILES string of the molecule is CCCCCc1nnc(CNC(C)(C)C)s1. The highest BCUT2D eigenvalue weighted by atomic mass is 32.1. The predicted octanol–water partition coefficient (Wildman–Crippen LogP) is 3.16. The van der Waals surface area contributed by atoms with E-state index in [9.17, 15) is 0 Å². The van der Waals surface area contributed by atoms with E-state index in [1.54, 1.807) is 11.3 Å². The van der Waals surface area contributed by atoms with E-state index in [4.69, 9.17) is 0 Å². The van der Waals surface area contributed by atoms with Crippen LogP contribution in [0.2, 0.25) is 0 Å². The highest BCUT2D eigenvalue weighted by Crippen LogP contribution is 2.13. The highest BCUT2D eigenvalue weighted by molar-refractivity contribution is 7.11. The predicted molar refractivity (Wildman–Crippen MR) is 69.7 cm³/mol. The molecule has 0 spiro atoms. The molecule has 0 aromatic carbocycles. The molecule has 4 heteroatoms. The van der Waals surface area contributed by atoms with Gasteiger partial charge in [-0.05, 0) is 27.2 Å². The molecule has 0 bridgehead atoms. The first-order chi connectivity index (χ1) is 7.51. The summed E-state index contributed by atoms with van der Waals surface area (Å²) in [7, 11) is 0. The summed E-state index contributed by atoms with van der Waals surface area (Å²) in [5, 5.41) is 14.1. The Morgan fingerprint density at radius 1 is 1.12 bits per heavy atom. The molecule has 0 fully saturated rings. The molecule has 92 valence electrons. The van der Waals surface area contributed by atoms with E-state index in [2.05, 4.69) is 43.2 Å². The van der Waals surface area contributed by atoms with Crippen LogP contribution in [0.15, 0.2) is 0 Å². The third kappa shape index (κ3) is 5.56. The van der Waals surface area contributed by atoms with Crippen molar-refractivity contribution in [1.29, 1.82) is 0 Å². The first kappa shape index (κ1) is 13.6. The van der Waals surface area contributed by atoms with Gasteiger partial charge >= 0.3 is 0 Å². The zero-order valence-electron chi connectivity index (χ0n) is 10.8. The average Bonchev–Trinajstić information content (AvgIpc) is 2.62. The van der Waals surface area contributed by atoms with Crippen LogP contribution < -0.4 is 5.32 Å². The molecule has 1 aromatic heterocycles. The summed E-state index contributed by atoms with van der Waals surface area (Å²) < 4.78 is 0. The molecule has 16 heavy (non-hydrogen) atoms. The fraction of sp³-hybridized carbons (Fsp3) is 0.833. The lowest BCUT2D eigenvalue weighted by Gasteiger charge is -2.19. The van der Waals surface area contributed by atoms with E-state index in [0.717, 1.165) is 18.0 Å². The smallest absolute Gasteiger partial charge is 0.131 e. The number of nitrogens with zero attached hydrogens (tertiary/aromatic N) is 2. The summed E-state index contributed by atoms with van der Waals surface area (Å²) >= 11 is 1.74. The maximum Gasteiger partial charge on any atom is 0.131 e. The number of hydrogen-bond acceptors (Lipinski definition) is 4. The Morgan fingerprint density at radius 2 is 1.81 bits per heavy atom. The number of aromatic nitrogens is 2. The molecule has 0 radical (unpaired) electrons. The van der Waals surface area contributed by atoms with Gasteiger partial charge in [0.25, 0.3) is 0 Å². The quantitative estimate of drug-likeness (QED) is 0.777. The van der Waals surface area contributed by atoms with Crippen LogP contribution in [0.5, 0.6) is 0 Å². The second-order valence-electron chi connectivity index (χ2n) is 5.15. The molecule has 0 amide bonds. The van der Waals surface area contributed by atoms with Gasteiger partial charge in [0.15, 0.2) is 0 Å². The largest absolute Gasteiger partial charge is 0.306 e. The van der Waals surface area contributed by atoms with Gasteiger partial charge in [-0.1, -0.05) is 19.8 Å². The minimum atomic E-state index is 0.147. The van der Waals surface area contributed by atoms with E-state index < -0.39 is 0 Å². The number of rotatable bonds is 6. The molecule has 1 N–H and O–H groups in total. The fourth-order valence-electron chi connectivity index (χ4n) is 1.33. The van der Waals surface area contributed by atoms with Crippen molar-refractivity contribution in [3.05, 3.63) is 10.0 Å². The molecule has 0 unspecified atom stereocenters. The van der Waals surface area contributed by atoms with E-state index in [1.807, 2.05) is 0 Å². The summed E-state index contributed by atoms with van der Waals surface area (Å²) in [6.45, 7) is 9.54. The lowest BCUT2D eigenvalue weighted by Crippen LogP contribution is -2.35. The van der Waals surface area contributed by atoms with Crippen LogP contribution in [-0.4, -0.2) is 15.7 Å². The molecule has 0 saturated carbocycles. The number of hydrogen-bond donors (Lipinski definition) is 1. The molecule has 0 aliphatic carbocycles. The van der Waals surface area contributed by atoms with Gasteiger partial charge in [-0.3, -0.25) is 0 Å². The third-order valence-electron chi connectivity index (χ3n) is 2.27. The molecular weight excluding hydrogens is 218 g/mol. The minimum absolute atomic E-state index is 0.147. The van der Waals surface area contributed by atoms with Crippen molar-refractivity contribution >= 4 is 11.3 Å². The van der Waals surface area contributed by atoms with Gasteiger partial charge in [-0.25, -0.2) is 0 Å². The number of unbranched alkanes of at least 4 members (excludes halogenated alkanes) is 2. The zero-order chi connectivity index (χ0) is 12.0. The molecule has 0 aliphatic rings. The molecule has 0 saturated heterocycles. The number of aryl methyl sites for hydroxylation is 1. The van der Waals surface area contributed by atoms with E-state index in [-0.39, 0.29) is 5.54 Å². The van der Waals surface area contributed by atoms with Crippen molar-refractivity contribution in [1.82, 2.24) is 15.5 Å². The van der Waals surface area contributed by atoms with Crippen LogP contribution in [0.25, 0.3) is 0 Å². The lowest BCUT2D eigenvalue weighted by molar-refractivity contribution is 0.423. The summed E-state index contributed by atoms with van der Waals surface area (Å²) in [5.41, 5.74) is 0.147. The second kappa shape index (κ2) is 6.30. The molecule has 0 aliphatic heterocycles. The summed E-state index contributed by atoms with van der Waals surface area (Å²) in [6, 6.07) is 0. The van der Waals surface area contributed by atoms with Crippen molar-refractivity contribution in [2.45, 2.75) is 65.5 Å². The molecule has 0 atom stereocenters. The van der Waals surface area contributed by atoms with Crippen molar-refractivity contribution in [2.24, 2.45) is 0 Å². The fourth-order valence-corrected chi connectivity index (χ4v) is 2.15. The molecule has 3 nitrogen and oxygen atoms in total. The second-order valence-corrected chi connectivity index (χ2v) is 6.30. The van der Waals surface area contributed by atoms with Gasteiger partial charge in [-0.15, -0.1) is 21.5 Å². The van der Waals surface area contributed by atoms with Crippen molar-refractivity contribution < 1.29 is 0 Å². The lowest BCUT2D eigenvalue weighted by atomic mass is 10.1. The van der Waals surface area contributed by atoms with Crippen molar-refractivity contribution in [3.8, 4) is 0 Å². The van der Waals surface area contributed by atoms with Crippen LogP contribution in [0.3, 0.4) is 0 Å². The average molecular weight is 241 g/mol. The Morgan fingerprint density at radius 3 is 2.44 bits per heavy atom. The topological polar surface area (TPSA) is 37.8 Å². The normalized spacial score (nSPS) is 12.0. The van der Waals surface area contributed by atoms with E-state index in [1.165, 1.54) is 24.3 Å². The van der Waals surface area contributed by atoms with Crippen LogP contribution in [-0.2, 0) is 13.0 Å². The summed E-state index contributed by atoms with van der Waals surface area (Å²) in [4.78, 5) is 0. The Bertz CT molecular complexity index is 301. The van der Waals surface area contributed by atoms with Gasteiger partial charge in [-0.2, -0.15) is 0 Å². The van der Waals surface area contributed by atoms with Crippen LogP contribution in [0.4, 0.5) is 0 Å². The zero-order valence-corrected chi connectivity index (χ0v) is 11.7. The van der Waals surface area contributed by atoms with Gasteiger partial charge in [0.1, 0.15) is 10.0 Å². The van der Waals surface area contributed by atoms with Crippen molar-refractivity contribution in [3.63, 3.8) is 0 Å². The summed E-state index contributed by atoms with van der Waals surface area (Å²) in [6.07, 6.45) is 4.87. The first-order valence-corrected chi connectivity index (χ1v) is 6.89. The monoisotopic (exact) mass is 241 g/mol. The molecule has 1 aromatic rings. The van der Waals surface area contributed by atoms with Crippen LogP contribution in [0, 0.1) is 0 Å². The van der Waals surface area contributed by atoms with Gasteiger partial charge in [0.2, 0.25) is 0 Å². The van der Waals surface area contributed by atoms with Gasteiger partial charge < -0.3 is 5.32 Å². The standard InChI is InChI=1S/C12H23N3S/c1-5-6-7-8-10-14-15-11(16-10)9-13-12(2,3)4/h13H,5-9H2,1-4H3. The molecule has 1 heterocycles. The Kier molecular flexibility index (Phi) is 5.35.